The number of dihydropyridines is 1. The minimum atomic E-state index is -0.110. The van der Waals surface area contributed by atoms with Crippen LogP contribution in [0.5, 0.6) is 0 Å². The van der Waals surface area contributed by atoms with Crippen LogP contribution in [-0.2, 0) is 0 Å². The highest BCUT2D eigenvalue weighted by molar-refractivity contribution is 6.26. The molecule has 0 bridgehead atoms. The van der Waals surface area contributed by atoms with Crippen LogP contribution in [0.2, 0.25) is 0 Å². The van der Waals surface area contributed by atoms with Crippen LogP contribution >= 0.6 is 0 Å². The first kappa shape index (κ1) is 38.7. The number of nitrogens with zero attached hydrogens (tertiary/aromatic N) is 8. The Morgan fingerprint density at radius 3 is 1.31 bits per heavy atom. The molecule has 1 aliphatic rings. The molecule has 1 unspecified atom stereocenters. The van der Waals surface area contributed by atoms with Gasteiger partial charge in [-0.3, -0.25) is 18.7 Å². The van der Waals surface area contributed by atoms with E-state index in [9.17, 15) is 0 Å². The van der Waals surface area contributed by atoms with Crippen molar-refractivity contribution in [2.45, 2.75) is 12.6 Å². The van der Waals surface area contributed by atoms with Crippen LogP contribution in [0, 0.1) is 0 Å². The van der Waals surface area contributed by atoms with Crippen LogP contribution in [0.4, 0.5) is 0 Å². The predicted molar refractivity (Wildman–Crippen MR) is 287 cm³/mol. The maximum atomic E-state index is 5.48. The van der Waals surface area contributed by atoms with E-state index in [2.05, 4.69) is 243 Å². The quantitative estimate of drug-likeness (QED) is 0.167. The fourth-order valence-corrected chi connectivity index (χ4v) is 11.4. The van der Waals surface area contributed by atoms with Gasteiger partial charge in [-0.05, 0) is 84.9 Å². The van der Waals surface area contributed by atoms with E-state index in [1.54, 1.807) is 0 Å². The number of hydrogen-bond donors (Lipinski definition) is 0. The summed E-state index contributed by atoms with van der Waals surface area (Å²) < 4.78 is 9.29. The van der Waals surface area contributed by atoms with Gasteiger partial charge in [-0.1, -0.05) is 140 Å². The summed E-state index contributed by atoms with van der Waals surface area (Å²) in [4.78, 5) is 21.6. The molecule has 328 valence electrons. The lowest BCUT2D eigenvalue weighted by molar-refractivity contribution is 0.560. The van der Waals surface area contributed by atoms with E-state index in [1.165, 1.54) is 38.0 Å². The summed E-state index contributed by atoms with van der Waals surface area (Å²) in [6, 6.07) is 75.0. The third-order valence-electron chi connectivity index (χ3n) is 14.3. The molecule has 8 nitrogen and oxygen atoms in total. The SMILES string of the molecule is C1=CC(c2cccc(-n3c4ccccc4c4ccc5c(c6ccccc6n5-c5cccc(-c6cccc(-n7c8ccccc8c8ccccc87)n6)n5)c43)n2)=NC(n2c3ccccc3c3ccccc32)C1. The Morgan fingerprint density at radius 1 is 0.329 bits per heavy atom. The summed E-state index contributed by atoms with van der Waals surface area (Å²) in [5.74, 6) is 2.49. The summed E-state index contributed by atoms with van der Waals surface area (Å²) >= 11 is 0. The van der Waals surface area contributed by atoms with Crippen LogP contribution in [0.3, 0.4) is 0 Å². The van der Waals surface area contributed by atoms with E-state index in [0.717, 1.165) is 95.9 Å². The summed E-state index contributed by atoms with van der Waals surface area (Å²) in [5.41, 5.74) is 12.2. The normalized spacial score (nSPS) is 14.1. The predicted octanol–water partition coefficient (Wildman–Crippen LogP) is 14.9. The van der Waals surface area contributed by atoms with Gasteiger partial charge in [-0.2, -0.15) is 0 Å². The average molecular weight is 897 g/mol. The highest BCUT2D eigenvalue weighted by Crippen LogP contribution is 2.42. The molecular weight excluding hydrogens is 857 g/mol. The van der Waals surface area contributed by atoms with Gasteiger partial charge in [0.15, 0.2) is 0 Å². The number of para-hydroxylation sites is 6. The molecule has 0 aliphatic carbocycles. The van der Waals surface area contributed by atoms with Crippen molar-refractivity contribution < 1.29 is 0 Å². The Bertz CT molecular complexity index is 4430. The van der Waals surface area contributed by atoms with Gasteiger partial charge in [-0.15, -0.1) is 0 Å². The Morgan fingerprint density at radius 2 is 0.743 bits per heavy atom. The van der Waals surface area contributed by atoms with Crippen molar-refractivity contribution in [1.29, 1.82) is 0 Å². The average Bonchev–Trinajstić information content (AvgIpc) is 4.16. The Balaban J connectivity index is 0.887. The third kappa shape index (κ3) is 5.64. The summed E-state index contributed by atoms with van der Waals surface area (Å²) in [6.45, 7) is 0. The van der Waals surface area contributed by atoms with Crippen molar-refractivity contribution in [1.82, 2.24) is 33.2 Å². The van der Waals surface area contributed by atoms with Crippen LogP contribution in [0.15, 0.2) is 229 Å². The standard InChI is InChI=1S/C62H40N8/c1-7-27-50-39(17-1)40-18-2-8-28-51(40)67(50)57-33-13-23-46(63-57)47-25-15-35-59(65-47)69-55-32-12-6-22-45(55)61-56(69)38-37-44-43-21-5-11-31-54(43)70(62(44)61)60-36-16-26-49(66-60)48-24-14-34-58(64-48)68-52-29-9-3-19-41(52)42-20-4-10-30-53(42)68/h1-33,35-38,58H,34H2. The molecule has 0 amide bonds. The molecule has 0 saturated carbocycles. The molecule has 0 saturated heterocycles. The zero-order valence-corrected chi connectivity index (χ0v) is 37.7. The second-order valence-electron chi connectivity index (χ2n) is 18.1. The maximum Gasteiger partial charge on any atom is 0.138 e. The minimum Gasteiger partial charge on any atom is -0.317 e. The molecule has 70 heavy (non-hydrogen) atoms. The molecule has 8 heteroatoms. The Labute approximate surface area is 401 Å². The maximum absolute atomic E-state index is 5.48. The highest BCUT2D eigenvalue weighted by Gasteiger charge is 2.24. The molecule has 1 atom stereocenters. The van der Waals surface area contributed by atoms with E-state index in [-0.39, 0.29) is 6.17 Å². The molecule has 0 radical (unpaired) electrons. The molecule has 14 aromatic rings. The van der Waals surface area contributed by atoms with Crippen molar-refractivity contribution >= 4 is 92.9 Å². The van der Waals surface area contributed by atoms with Crippen molar-refractivity contribution in [3.8, 4) is 28.8 Å². The second kappa shape index (κ2) is 15.1. The topological polar surface area (TPSA) is 70.8 Å². The number of fused-ring (bicyclic) bond motifs is 13. The van der Waals surface area contributed by atoms with Crippen molar-refractivity contribution in [2.24, 2.45) is 4.99 Å². The number of pyridine rings is 3. The molecule has 15 rings (SSSR count). The van der Waals surface area contributed by atoms with Gasteiger partial charge in [-0.25, -0.2) is 15.0 Å². The van der Waals surface area contributed by atoms with Gasteiger partial charge in [0, 0.05) is 49.5 Å². The lowest BCUT2D eigenvalue weighted by Crippen LogP contribution is -2.14. The fraction of sp³-hybridized carbons (Fsp3) is 0.0323. The van der Waals surface area contributed by atoms with E-state index >= 15 is 0 Å². The number of aliphatic imine (C=N–C) groups is 1. The number of allylic oxidation sites excluding steroid dienone is 1. The van der Waals surface area contributed by atoms with Crippen molar-refractivity contribution in [2.75, 3.05) is 0 Å². The molecule has 7 aromatic heterocycles. The summed E-state index contributed by atoms with van der Waals surface area (Å²) in [7, 11) is 0. The van der Waals surface area contributed by atoms with E-state index in [4.69, 9.17) is 19.9 Å². The van der Waals surface area contributed by atoms with Gasteiger partial charge >= 0.3 is 0 Å². The zero-order valence-electron chi connectivity index (χ0n) is 37.7. The first-order chi connectivity index (χ1) is 34.7. The zero-order chi connectivity index (χ0) is 45.9. The monoisotopic (exact) mass is 896 g/mol. The molecule has 0 spiro atoms. The van der Waals surface area contributed by atoms with Gasteiger partial charge in [0.25, 0.3) is 0 Å². The van der Waals surface area contributed by atoms with Crippen LogP contribution in [-0.4, -0.2) is 38.9 Å². The summed E-state index contributed by atoms with van der Waals surface area (Å²) in [6.07, 6.45) is 5.06. The van der Waals surface area contributed by atoms with Gasteiger partial charge < -0.3 is 4.57 Å². The van der Waals surface area contributed by atoms with Gasteiger partial charge in [0.05, 0.1) is 66.9 Å². The molecular formula is C62H40N8. The van der Waals surface area contributed by atoms with Gasteiger partial charge in [0.1, 0.15) is 23.6 Å². The number of aromatic nitrogens is 7. The van der Waals surface area contributed by atoms with E-state index in [0.29, 0.717) is 0 Å². The summed E-state index contributed by atoms with van der Waals surface area (Å²) in [5, 5.41) is 9.48. The first-order valence-electron chi connectivity index (χ1n) is 23.8. The third-order valence-corrected chi connectivity index (χ3v) is 14.3. The molecule has 1 aliphatic heterocycles. The van der Waals surface area contributed by atoms with Crippen molar-refractivity contribution in [3.05, 3.63) is 230 Å². The van der Waals surface area contributed by atoms with Crippen LogP contribution in [0.25, 0.3) is 116 Å². The van der Waals surface area contributed by atoms with Crippen molar-refractivity contribution in [3.63, 3.8) is 0 Å². The minimum absolute atomic E-state index is 0.110. The smallest absolute Gasteiger partial charge is 0.138 e. The van der Waals surface area contributed by atoms with Gasteiger partial charge in [0.2, 0.25) is 0 Å². The van der Waals surface area contributed by atoms with E-state index in [1.807, 2.05) is 0 Å². The largest absolute Gasteiger partial charge is 0.317 e. The Hall–Kier alpha value is -9.40. The Kier molecular flexibility index (Phi) is 8.32. The number of rotatable bonds is 6. The first-order valence-corrected chi connectivity index (χ1v) is 23.8. The molecule has 7 aromatic carbocycles. The molecule has 8 heterocycles. The lowest BCUT2D eigenvalue weighted by atomic mass is 10.1. The second-order valence-corrected chi connectivity index (χ2v) is 18.1. The number of hydrogen-bond acceptors (Lipinski definition) is 4. The molecule has 0 fully saturated rings. The fourth-order valence-electron chi connectivity index (χ4n) is 11.4. The lowest BCUT2D eigenvalue weighted by Gasteiger charge is -2.20. The van der Waals surface area contributed by atoms with Crippen LogP contribution in [0.1, 0.15) is 18.3 Å². The highest BCUT2D eigenvalue weighted by atomic mass is 15.2. The molecule has 0 N–H and O–H groups in total. The number of benzene rings is 7. The van der Waals surface area contributed by atoms with Crippen LogP contribution < -0.4 is 0 Å². The van der Waals surface area contributed by atoms with E-state index < -0.39 is 0 Å².